The normalized spacial score (nSPS) is 11.8. The molecule has 5 nitrogen and oxygen atoms in total. The van der Waals surface area contributed by atoms with E-state index in [1.54, 1.807) is 6.20 Å². The van der Waals surface area contributed by atoms with E-state index in [0.717, 1.165) is 17.5 Å². The lowest BCUT2D eigenvalue weighted by atomic mass is 9.83. The van der Waals surface area contributed by atoms with E-state index in [1.165, 1.54) is 11.3 Å². The molecule has 0 unspecified atom stereocenters. The zero-order chi connectivity index (χ0) is 15.5. The van der Waals surface area contributed by atoms with Crippen LogP contribution in [-0.2, 0) is 0 Å². The van der Waals surface area contributed by atoms with E-state index < -0.39 is 0 Å². The molecule has 2 rings (SSSR count). The van der Waals surface area contributed by atoms with Crippen LogP contribution in [0.1, 0.15) is 36.4 Å². The van der Waals surface area contributed by atoms with Crippen LogP contribution in [0.5, 0.6) is 0 Å². The number of hydrogen-bond acceptors (Lipinski definition) is 5. The minimum atomic E-state index is -0.265. The van der Waals surface area contributed by atoms with Crippen molar-refractivity contribution in [3.8, 4) is 0 Å². The highest BCUT2D eigenvalue weighted by atomic mass is 32.1. The number of carbonyl (C=O) groups excluding carboxylic acids is 1. The van der Waals surface area contributed by atoms with Crippen molar-refractivity contribution in [3.05, 3.63) is 23.2 Å². The molecule has 1 amide bonds. The fourth-order valence-electron chi connectivity index (χ4n) is 2.24. The SMILES string of the molecule is CCC(CC)(CO)CNC(=O)c1sc2cccnc2c1N. The molecule has 2 heterocycles. The Kier molecular flexibility index (Phi) is 4.80. The number of anilines is 1. The maximum absolute atomic E-state index is 12.3. The van der Waals surface area contributed by atoms with Gasteiger partial charge in [0.25, 0.3) is 5.91 Å². The van der Waals surface area contributed by atoms with Crippen molar-refractivity contribution in [2.45, 2.75) is 26.7 Å². The van der Waals surface area contributed by atoms with Gasteiger partial charge in [0.1, 0.15) is 10.4 Å². The second kappa shape index (κ2) is 6.41. The van der Waals surface area contributed by atoms with Gasteiger partial charge in [-0.15, -0.1) is 11.3 Å². The summed E-state index contributed by atoms with van der Waals surface area (Å²) in [4.78, 5) is 17.0. The third-order valence-electron chi connectivity index (χ3n) is 4.15. The molecular formula is C15H21N3O2S. The summed E-state index contributed by atoms with van der Waals surface area (Å²) in [7, 11) is 0. The molecule has 0 aliphatic rings. The van der Waals surface area contributed by atoms with E-state index in [2.05, 4.69) is 10.3 Å². The fourth-order valence-corrected chi connectivity index (χ4v) is 3.24. The van der Waals surface area contributed by atoms with Crippen LogP contribution in [0.4, 0.5) is 5.69 Å². The molecule has 0 saturated heterocycles. The van der Waals surface area contributed by atoms with Crippen molar-refractivity contribution in [2.24, 2.45) is 5.41 Å². The Hall–Kier alpha value is -1.66. The summed E-state index contributed by atoms with van der Waals surface area (Å²) in [6.07, 6.45) is 3.28. The number of fused-ring (bicyclic) bond motifs is 1. The van der Waals surface area contributed by atoms with E-state index in [9.17, 15) is 9.90 Å². The van der Waals surface area contributed by atoms with Gasteiger partial charge in [0, 0.05) is 18.2 Å². The van der Waals surface area contributed by atoms with Gasteiger partial charge in [-0.3, -0.25) is 9.78 Å². The fraction of sp³-hybridized carbons (Fsp3) is 0.467. The summed E-state index contributed by atoms with van der Waals surface area (Å²) >= 11 is 1.34. The first-order valence-electron chi connectivity index (χ1n) is 7.09. The van der Waals surface area contributed by atoms with Gasteiger partial charge in [-0.05, 0) is 25.0 Å². The molecule has 21 heavy (non-hydrogen) atoms. The highest BCUT2D eigenvalue weighted by Crippen LogP contribution is 2.32. The van der Waals surface area contributed by atoms with Crippen molar-refractivity contribution in [1.29, 1.82) is 0 Å². The number of amides is 1. The molecule has 2 aromatic rings. The summed E-state index contributed by atoms with van der Waals surface area (Å²) in [6.45, 7) is 4.54. The van der Waals surface area contributed by atoms with E-state index in [0.29, 0.717) is 22.6 Å². The number of aliphatic hydroxyl groups is 1. The second-order valence-corrected chi connectivity index (χ2v) is 6.30. The lowest BCUT2D eigenvalue weighted by molar-refractivity contribution is 0.0855. The third kappa shape index (κ3) is 3.01. The summed E-state index contributed by atoms with van der Waals surface area (Å²) in [5.74, 6) is -0.199. The smallest absolute Gasteiger partial charge is 0.263 e. The van der Waals surface area contributed by atoms with Gasteiger partial charge in [-0.2, -0.15) is 0 Å². The van der Waals surface area contributed by atoms with Gasteiger partial charge in [0.2, 0.25) is 0 Å². The van der Waals surface area contributed by atoms with E-state index in [-0.39, 0.29) is 17.9 Å². The van der Waals surface area contributed by atoms with Crippen LogP contribution in [0.15, 0.2) is 18.3 Å². The van der Waals surface area contributed by atoms with Crippen molar-refractivity contribution in [3.63, 3.8) is 0 Å². The molecule has 6 heteroatoms. The molecule has 114 valence electrons. The number of nitrogens with one attached hydrogen (secondary N) is 1. The van der Waals surface area contributed by atoms with Crippen molar-refractivity contribution in [2.75, 3.05) is 18.9 Å². The molecule has 0 aliphatic heterocycles. The topological polar surface area (TPSA) is 88.2 Å². The maximum atomic E-state index is 12.3. The van der Waals surface area contributed by atoms with Gasteiger partial charge in [-0.1, -0.05) is 13.8 Å². The van der Waals surface area contributed by atoms with E-state index in [1.807, 2.05) is 26.0 Å². The Labute approximate surface area is 128 Å². The van der Waals surface area contributed by atoms with Crippen molar-refractivity contribution >= 4 is 33.1 Å². The Morgan fingerprint density at radius 3 is 2.76 bits per heavy atom. The van der Waals surface area contributed by atoms with Gasteiger partial charge >= 0.3 is 0 Å². The summed E-state index contributed by atoms with van der Waals surface area (Å²) in [5.41, 5.74) is 6.85. The van der Waals surface area contributed by atoms with Crippen molar-refractivity contribution in [1.82, 2.24) is 10.3 Å². The molecule has 0 saturated carbocycles. The first-order valence-corrected chi connectivity index (χ1v) is 7.90. The number of nitrogens with zero attached hydrogens (tertiary/aromatic N) is 1. The molecule has 0 atom stereocenters. The summed E-state index contributed by atoms with van der Waals surface area (Å²) < 4.78 is 0.902. The van der Waals surface area contributed by atoms with Crippen LogP contribution in [-0.4, -0.2) is 29.1 Å². The number of aromatic nitrogens is 1. The second-order valence-electron chi connectivity index (χ2n) is 5.24. The van der Waals surface area contributed by atoms with Crippen molar-refractivity contribution < 1.29 is 9.90 Å². The van der Waals surface area contributed by atoms with E-state index >= 15 is 0 Å². The highest BCUT2D eigenvalue weighted by Gasteiger charge is 2.27. The number of nitrogen functional groups attached to an aromatic ring is 1. The number of pyridine rings is 1. The molecule has 0 aromatic carbocycles. The van der Waals surface area contributed by atoms with Gasteiger partial charge in [0.05, 0.1) is 17.0 Å². The van der Waals surface area contributed by atoms with Crippen LogP contribution in [0.25, 0.3) is 10.2 Å². The maximum Gasteiger partial charge on any atom is 0.263 e. The zero-order valence-electron chi connectivity index (χ0n) is 12.3. The molecule has 2 aromatic heterocycles. The highest BCUT2D eigenvalue weighted by molar-refractivity contribution is 7.21. The predicted molar refractivity (Wildman–Crippen MR) is 86.5 cm³/mol. The van der Waals surface area contributed by atoms with Gasteiger partial charge < -0.3 is 16.2 Å². The zero-order valence-corrected chi connectivity index (χ0v) is 13.2. The third-order valence-corrected chi connectivity index (χ3v) is 5.31. The molecule has 0 fully saturated rings. The van der Waals surface area contributed by atoms with Gasteiger partial charge in [-0.25, -0.2) is 0 Å². The quantitative estimate of drug-likeness (QED) is 0.764. The molecule has 0 aliphatic carbocycles. The Balaban J connectivity index is 2.17. The molecular weight excluding hydrogens is 286 g/mol. The number of thiophene rings is 1. The van der Waals surface area contributed by atoms with E-state index in [4.69, 9.17) is 5.73 Å². The standard InChI is InChI=1S/C15H21N3O2S/c1-3-15(4-2,9-19)8-18-14(20)13-11(16)12-10(21-13)6-5-7-17-12/h5-7,19H,3-4,8-9,16H2,1-2H3,(H,18,20). The molecule has 0 radical (unpaired) electrons. The van der Waals surface area contributed by atoms with Gasteiger partial charge in [0.15, 0.2) is 0 Å². The minimum Gasteiger partial charge on any atom is -0.396 e. The number of rotatable bonds is 6. The largest absolute Gasteiger partial charge is 0.396 e. The summed E-state index contributed by atoms with van der Waals surface area (Å²) in [5, 5.41) is 12.4. The lowest BCUT2D eigenvalue weighted by Gasteiger charge is -2.29. The van der Waals surface area contributed by atoms with Crippen LogP contribution >= 0.6 is 11.3 Å². The van der Waals surface area contributed by atoms with Crippen LogP contribution in [0.2, 0.25) is 0 Å². The van der Waals surface area contributed by atoms with Crippen LogP contribution < -0.4 is 11.1 Å². The monoisotopic (exact) mass is 307 g/mol. The summed E-state index contributed by atoms with van der Waals surface area (Å²) in [6, 6.07) is 3.72. The van der Waals surface area contributed by atoms with Crippen LogP contribution in [0, 0.1) is 5.41 Å². The Morgan fingerprint density at radius 2 is 2.19 bits per heavy atom. The lowest BCUT2D eigenvalue weighted by Crippen LogP contribution is -2.39. The predicted octanol–water partition coefficient (Wildman–Crippen LogP) is 2.41. The minimum absolute atomic E-state index is 0.0593. The molecule has 4 N–H and O–H groups in total. The number of aliphatic hydroxyl groups excluding tert-OH is 1. The Bertz CT molecular complexity index is 627. The Morgan fingerprint density at radius 1 is 1.48 bits per heavy atom. The first-order chi connectivity index (χ1) is 10.1. The number of hydrogen-bond donors (Lipinski definition) is 3. The van der Waals surface area contributed by atoms with Crippen LogP contribution in [0.3, 0.4) is 0 Å². The molecule has 0 bridgehead atoms. The first kappa shape index (κ1) is 15.7. The average molecular weight is 307 g/mol. The number of nitrogens with two attached hydrogens (primary N) is 1. The number of carbonyl (C=O) groups is 1. The average Bonchev–Trinajstić information content (AvgIpc) is 2.87. The molecule has 0 spiro atoms.